The molecule has 4 aromatic carbocycles. The summed E-state index contributed by atoms with van der Waals surface area (Å²) in [5, 5.41) is 15.7. The van der Waals surface area contributed by atoms with Crippen molar-refractivity contribution < 1.29 is 19.2 Å². The molecule has 10 nitrogen and oxygen atoms in total. The average Bonchev–Trinajstić information content (AvgIpc) is 3.00. The van der Waals surface area contributed by atoms with Gasteiger partial charge in [0, 0.05) is 28.2 Å². The van der Waals surface area contributed by atoms with Crippen molar-refractivity contribution in [2.45, 2.75) is 0 Å². The Morgan fingerprint density at radius 3 is 2.40 bits per heavy atom. The maximum atomic E-state index is 13.4. The summed E-state index contributed by atoms with van der Waals surface area (Å²) in [5.41, 5.74) is 2.07. The zero-order valence-electron chi connectivity index (χ0n) is 22.0. The van der Waals surface area contributed by atoms with Gasteiger partial charge in [0.05, 0.1) is 29.2 Å². The molecule has 0 unspecified atom stereocenters. The van der Waals surface area contributed by atoms with Crippen LogP contribution in [0.5, 0.6) is 11.5 Å². The molecule has 0 N–H and O–H groups in total. The van der Waals surface area contributed by atoms with Gasteiger partial charge in [0.2, 0.25) is 0 Å². The van der Waals surface area contributed by atoms with E-state index in [0.717, 1.165) is 4.47 Å². The number of para-hydroxylation sites is 1. The average molecular weight is 625 g/mol. The van der Waals surface area contributed by atoms with Gasteiger partial charge < -0.3 is 9.47 Å². The van der Waals surface area contributed by atoms with Gasteiger partial charge in [0.15, 0.2) is 17.3 Å². The number of carbonyl (C=O) groups excluding carboxylic acids is 1. The van der Waals surface area contributed by atoms with Crippen LogP contribution in [0.1, 0.15) is 11.1 Å². The third-order valence-electron chi connectivity index (χ3n) is 6.09. The molecule has 0 aliphatic heterocycles. The second kappa shape index (κ2) is 12.4. The molecule has 0 radical (unpaired) electrons. The van der Waals surface area contributed by atoms with E-state index in [-0.39, 0.29) is 22.7 Å². The van der Waals surface area contributed by atoms with E-state index in [1.54, 1.807) is 36.4 Å². The number of nitro benzene ring substituents is 1. The van der Waals surface area contributed by atoms with E-state index >= 15 is 0 Å². The predicted molar refractivity (Wildman–Crippen MR) is 163 cm³/mol. The van der Waals surface area contributed by atoms with Crippen LogP contribution in [0.3, 0.4) is 0 Å². The molecule has 1 heterocycles. The lowest BCUT2D eigenvalue weighted by atomic mass is 10.2. The highest BCUT2D eigenvalue weighted by Crippen LogP contribution is 2.28. The molecule has 0 fully saturated rings. The molecule has 0 saturated heterocycles. The first-order valence-corrected chi connectivity index (χ1v) is 13.3. The van der Waals surface area contributed by atoms with E-state index in [1.807, 2.05) is 30.3 Å². The van der Waals surface area contributed by atoms with Crippen molar-refractivity contribution in [2.24, 2.45) is 5.10 Å². The van der Waals surface area contributed by atoms with Gasteiger partial charge in [0.1, 0.15) is 0 Å². The number of methoxy groups -OCH3 is 1. The number of ether oxygens (including phenoxy) is 2. The van der Waals surface area contributed by atoms with Crippen molar-refractivity contribution in [3.05, 3.63) is 133 Å². The number of halogens is 1. The predicted octanol–water partition coefficient (Wildman–Crippen LogP) is 6.24. The summed E-state index contributed by atoms with van der Waals surface area (Å²) in [6.45, 7) is 0. The number of benzene rings is 4. The second-order valence-electron chi connectivity index (χ2n) is 8.83. The number of nitro groups is 1. The lowest BCUT2D eigenvalue weighted by Gasteiger charge is -2.10. The minimum absolute atomic E-state index is 0.0469. The van der Waals surface area contributed by atoms with Crippen molar-refractivity contribution in [3.8, 4) is 22.9 Å². The number of aromatic nitrogens is 2. The summed E-state index contributed by atoms with van der Waals surface area (Å²) in [6.07, 6.45) is 4.18. The van der Waals surface area contributed by atoms with Crippen LogP contribution in [-0.4, -0.2) is 33.9 Å². The van der Waals surface area contributed by atoms with Crippen LogP contribution in [0, 0.1) is 10.1 Å². The normalized spacial score (nSPS) is 11.3. The standard InChI is InChI=1S/C31H21BrN4O6/c1-41-28-18-21(8-16-27(28)42-29(37)17-9-20-6-14-24(15-7-20)36(39)40)19-33-35-30(22-10-12-23(32)13-11-22)34-26-5-3-2-4-25(26)31(35)38/h2-19H,1H3/b17-9+,33-19?. The van der Waals surface area contributed by atoms with Crippen LogP contribution in [0.2, 0.25) is 0 Å². The Morgan fingerprint density at radius 2 is 1.69 bits per heavy atom. The first-order valence-electron chi connectivity index (χ1n) is 12.5. The summed E-state index contributed by atoms with van der Waals surface area (Å²) < 4.78 is 13.0. The zero-order valence-corrected chi connectivity index (χ0v) is 23.6. The number of non-ortho nitro benzene ring substituents is 1. The van der Waals surface area contributed by atoms with E-state index in [1.165, 1.54) is 54.4 Å². The number of hydrogen-bond donors (Lipinski definition) is 0. The van der Waals surface area contributed by atoms with Crippen molar-refractivity contribution in [1.29, 1.82) is 0 Å². The number of esters is 1. The lowest BCUT2D eigenvalue weighted by Crippen LogP contribution is -2.20. The smallest absolute Gasteiger partial charge is 0.336 e. The Kier molecular flexibility index (Phi) is 8.30. The van der Waals surface area contributed by atoms with E-state index in [2.05, 4.69) is 21.0 Å². The zero-order chi connectivity index (χ0) is 29.6. The Bertz CT molecular complexity index is 1920. The quantitative estimate of drug-likeness (QED) is 0.0499. The summed E-state index contributed by atoms with van der Waals surface area (Å²) >= 11 is 3.43. The van der Waals surface area contributed by atoms with E-state index < -0.39 is 10.9 Å². The molecule has 42 heavy (non-hydrogen) atoms. The van der Waals surface area contributed by atoms with Crippen LogP contribution < -0.4 is 15.0 Å². The fourth-order valence-corrected chi connectivity index (χ4v) is 4.27. The monoisotopic (exact) mass is 624 g/mol. The molecule has 0 spiro atoms. The van der Waals surface area contributed by atoms with Gasteiger partial charge in [-0.1, -0.05) is 40.2 Å². The van der Waals surface area contributed by atoms with Gasteiger partial charge in [-0.3, -0.25) is 14.9 Å². The van der Waals surface area contributed by atoms with Gasteiger partial charge in [0.25, 0.3) is 11.2 Å². The Labute approximate surface area is 247 Å². The van der Waals surface area contributed by atoms with E-state index in [0.29, 0.717) is 33.4 Å². The number of carbonyl (C=O) groups is 1. The van der Waals surface area contributed by atoms with Crippen LogP contribution in [-0.2, 0) is 4.79 Å². The minimum Gasteiger partial charge on any atom is -0.493 e. The molecule has 0 amide bonds. The van der Waals surface area contributed by atoms with Crippen molar-refractivity contribution in [1.82, 2.24) is 9.66 Å². The maximum Gasteiger partial charge on any atom is 0.336 e. The fourth-order valence-electron chi connectivity index (χ4n) is 4.00. The van der Waals surface area contributed by atoms with Crippen molar-refractivity contribution >= 4 is 50.8 Å². The highest BCUT2D eigenvalue weighted by atomic mass is 79.9. The molecule has 5 rings (SSSR count). The van der Waals surface area contributed by atoms with Crippen molar-refractivity contribution in [2.75, 3.05) is 7.11 Å². The van der Waals surface area contributed by atoms with Gasteiger partial charge >= 0.3 is 5.97 Å². The Hall–Kier alpha value is -5.42. The largest absolute Gasteiger partial charge is 0.493 e. The third kappa shape index (κ3) is 6.31. The molecule has 0 bridgehead atoms. The van der Waals surface area contributed by atoms with Gasteiger partial charge in [-0.2, -0.15) is 9.78 Å². The molecule has 11 heteroatoms. The van der Waals surface area contributed by atoms with Crippen molar-refractivity contribution in [3.63, 3.8) is 0 Å². The fraction of sp³-hybridized carbons (Fsp3) is 0.0323. The molecule has 1 aromatic heterocycles. The SMILES string of the molecule is COc1cc(C=Nn2c(-c3ccc(Br)cc3)nc3ccccc3c2=O)ccc1OC(=O)/C=C/c1ccc([N+](=O)[O-])cc1. The first-order chi connectivity index (χ1) is 20.3. The molecule has 0 atom stereocenters. The molecule has 0 aliphatic rings. The van der Waals surface area contributed by atoms with Crippen LogP contribution >= 0.6 is 15.9 Å². The van der Waals surface area contributed by atoms with Crippen LogP contribution in [0.4, 0.5) is 5.69 Å². The number of nitrogens with zero attached hydrogens (tertiary/aromatic N) is 4. The maximum absolute atomic E-state index is 13.4. The third-order valence-corrected chi connectivity index (χ3v) is 6.62. The van der Waals surface area contributed by atoms with Crippen LogP contribution in [0.15, 0.2) is 111 Å². The minimum atomic E-state index is -0.666. The molecule has 0 saturated carbocycles. The summed E-state index contributed by atoms with van der Waals surface area (Å²) in [5.74, 6) is 0.155. The molecule has 0 aliphatic carbocycles. The second-order valence-corrected chi connectivity index (χ2v) is 9.75. The topological polar surface area (TPSA) is 126 Å². The molecular formula is C31H21BrN4O6. The Balaban J connectivity index is 1.40. The van der Waals surface area contributed by atoms with Gasteiger partial charge in [-0.05, 0) is 71.8 Å². The molecular weight excluding hydrogens is 604 g/mol. The highest BCUT2D eigenvalue weighted by molar-refractivity contribution is 9.10. The van der Waals surface area contributed by atoms with Gasteiger partial charge in [-0.15, -0.1) is 0 Å². The number of fused-ring (bicyclic) bond motifs is 1. The molecule has 5 aromatic rings. The van der Waals surface area contributed by atoms with Crippen LogP contribution in [0.25, 0.3) is 28.4 Å². The number of rotatable bonds is 8. The van der Waals surface area contributed by atoms with E-state index in [9.17, 15) is 19.7 Å². The summed E-state index contributed by atoms with van der Waals surface area (Å²) in [6, 6.07) is 25.0. The highest BCUT2D eigenvalue weighted by Gasteiger charge is 2.13. The van der Waals surface area contributed by atoms with Gasteiger partial charge in [-0.25, -0.2) is 9.78 Å². The number of hydrogen-bond acceptors (Lipinski definition) is 8. The van der Waals surface area contributed by atoms with E-state index in [4.69, 9.17) is 14.5 Å². The molecule has 208 valence electrons. The Morgan fingerprint density at radius 1 is 0.976 bits per heavy atom. The summed E-state index contributed by atoms with van der Waals surface area (Å²) in [4.78, 5) is 40.8. The lowest BCUT2D eigenvalue weighted by molar-refractivity contribution is -0.384. The summed E-state index contributed by atoms with van der Waals surface area (Å²) in [7, 11) is 1.43. The first kappa shape index (κ1) is 28.1.